The minimum absolute atomic E-state index is 0.0155. The van der Waals surface area contributed by atoms with Crippen molar-refractivity contribution in [1.82, 2.24) is 10.3 Å². The molecule has 3 nitrogen and oxygen atoms in total. The van der Waals surface area contributed by atoms with Gasteiger partial charge in [0.15, 0.2) is 0 Å². The Kier molecular flexibility index (Phi) is 3.53. The molecule has 0 atom stereocenters. The average molecular weight is 256 g/mol. The van der Waals surface area contributed by atoms with Crippen molar-refractivity contribution in [3.8, 4) is 0 Å². The second-order valence-corrected chi connectivity index (χ2v) is 5.48. The summed E-state index contributed by atoms with van der Waals surface area (Å²) in [4.78, 5) is 15.3. The van der Waals surface area contributed by atoms with Crippen LogP contribution in [0.4, 0.5) is 0 Å². The number of carbonyl (C=O) groups excluding carboxylic acids is 1. The Hall–Kier alpha value is -1.77. The lowest BCUT2D eigenvalue weighted by atomic mass is 9.89. The normalized spacial score (nSPS) is 16.6. The summed E-state index contributed by atoms with van der Waals surface area (Å²) in [6.07, 6.45) is 6.49. The van der Waals surface area contributed by atoms with Crippen molar-refractivity contribution >= 4 is 16.8 Å². The third-order valence-electron chi connectivity index (χ3n) is 4.05. The van der Waals surface area contributed by atoms with Crippen LogP contribution in [0.25, 0.3) is 10.9 Å². The van der Waals surface area contributed by atoms with Crippen molar-refractivity contribution in [3.63, 3.8) is 0 Å². The zero-order valence-electron chi connectivity index (χ0n) is 11.1. The first kappa shape index (κ1) is 12.3. The fraction of sp³-hybridized carbons (Fsp3) is 0.438. The number of nitrogens with one attached hydrogen (secondary N) is 2. The van der Waals surface area contributed by atoms with Gasteiger partial charge in [-0.2, -0.15) is 0 Å². The van der Waals surface area contributed by atoms with Gasteiger partial charge in [0.25, 0.3) is 5.91 Å². The quantitative estimate of drug-likeness (QED) is 0.867. The Morgan fingerprint density at radius 1 is 1.21 bits per heavy atom. The number of fused-ring (bicyclic) bond motifs is 1. The van der Waals surface area contributed by atoms with Crippen LogP contribution in [0.15, 0.2) is 30.3 Å². The fourth-order valence-corrected chi connectivity index (χ4v) is 2.92. The first-order valence-electron chi connectivity index (χ1n) is 7.19. The van der Waals surface area contributed by atoms with Gasteiger partial charge in [-0.1, -0.05) is 37.5 Å². The summed E-state index contributed by atoms with van der Waals surface area (Å²) in [7, 11) is 0. The standard InChI is InChI=1S/C16H20N2O/c19-16(17-11-12-6-2-1-3-7-12)15-10-13-8-4-5-9-14(13)18-15/h4-5,8-10,12,18H,1-3,6-7,11H2,(H,17,19). The molecule has 1 amide bonds. The van der Waals surface area contributed by atoms with Gasteiger partial charge in [0.2, 0.25) is 0 Å². The number of rotatable bonds is 3. The number of para-hydroxylation sites is 1. The van der Waals surface area contributed by atoms with E-state index in [4.69, 9.17) is 0 Å². The van der Waals surface area contributed by atoms with E-state index in [-0.39, 0.29) is 5.91 Å². The molecule has 0 unspecified atom stereocenters. The Labute approximate surface area is 113 Å². The molecule has 0 bridgehead atoms. The van der Waals surface area contributed by atoms with Crippen LogP contribution in [0.3, 0.4) is 0 Å². The number of aromatic nitrogens is 1. The number of aromatic amines is 1. The molecule has 2 aromatic rings. The Morgan fingerprint density at radius 3 is 2.79 bits per heavy atom. The zero-order valence-corrected chi connectivity index (χ0v) is 11.1. The fourth-order valence-electron chi connectivity index (χ4n) is 2.92. The van der Waals surface area contributed by atoms with Crippen LogP contribution in [0, 0.1) is 5.92 Å². The first-order chi connectivity index (χ1) is 9.33. The van der Waals surface area contributed by atoms with Crippen molar-refractivity contribution in [2.75, 3.05) is 6.54 Å². The first-order valence-corrected chi connectivity index (χ1v) is 7.19. The second-order valence-electron chi connectivity index (χ2n) is 5.48. The predicted octanol–water partition coefficient (Wildman–Crippen LogP) is 3.48. The molecule has 1 aromatic carbocycles. The van der Waals surface area contributed by atoms with E-state index < -0.39 is 0 Å². The largest absolute Gasteiger partial charge is 0.351 e. The smallest absolute Gasteiger partial charge is 0.267 e. The number of carbonyl (C=O) groups is 1. The number of H-pyrrole nitrogens is 1. The van der Waals surface area contributed by atoms with Crippen molar-refractivity contribution in [3.05, 3.63) is 36.0 Å². The molecule has 3 heteroatoms. The predicted molar refractivity (Wildman–Crippen MR) is 77.2 cm³/mol. The van der Waals surface area contributed by atoms with E-state index in [9.17, 15) is 4.79 Å². The molecule has 1 aromatic heterocycles. The van der Waals surface area contributed by atoms with Gasteiger partial charge in [-0.15, -0.1) is 0 Å². The van der Waals surface area contributed by atoms with E-state index in [0.717, 1.165) is 17.4 Å². The van der Waals surface area contributed by atoms with Crippen LogP contribution in [0.5, 0.6) is 0 Å². The Balaban J connectivity index is 1.63. The molecule has 1 aliphatic rings. The lowest BCUT2D eigenvalue weighted by Crippen LogP contribution is -2.30. The topological polar surface area (TPSA) is 44.9 Å². The van der Waals surface area contributed by atoms with Gasteiger partial charge in [-0.25, -0.2) is 0 Å². The summed E-state index contributed by atoms with van der Waals surface area (Å²) >= 11 is 0. The lowest BCUT2D eigenvalue weighted by molar-refractivity contribution is 0.0939. The summed E-state index contributed by atoms with van der Waals surface area (Å²) in [5, 5.41) is 4.15. The molecule has 3 rings (SSSR count). The number of benzene rings is 1. The molecule has 0 aliphatic heterocycles. The molecule has 100 valence electrons. The summed E-state index contributed by atoms with van der Waals surface area (Å²) in [6.45, 7) is 0.814. The minimum Gasteiger partial charge on any atom is -0.351 e. The summed E-state index contributed by atoms with van der Waals surface area (Å²) in [6, 6.07) is 9.89. The maximum absolute atomic E-state index is 12.1. The van der Waals surface area contributed by atoms with Gasteiger partial charge in [-0.05, 0) is 30.9 Å². The molecule has 0 radical (unpaired) electrons. The second kappa shape index (κ2) is 5.47. The monoisotopic (exact) mass is 256 g/mol. The third kappa shape index (κ3) is 2.80. The highest BCUT2D eigenvalue weighted by Crippen LogP contribution is 2.23. The van der Waals surface area contributed by atoms with Gasteiger partial charge in [0.05, 0.1) is 0 Å². The van der Waals surface area contributed by atoms with Crippen molar-refractivity contribution in [1.29, 1.82) is 0 Å². The van der Waals surface area contributed by atoms with E-state index >= 15 is 0 Å². The van der Waals surface area contributed by atoms with Crippen LogP contribution in [0.1, 0.15) is 42.6 Å². The van der Waals surface area contributed by atoms with Gasteiger partial charge in [0, 0.05) is 17.4 Å². The molecule has 1 aliphatic carbocycles. The Bertz CT molecular complexity index is 534. The molecule has 0 saturated heterocycles. The van der Waals surface area contributed by atoms with Crippen LogP contribution in [0.2, 0.25) is 0 Å². The Morgan fingerprint density at radius 2 is 2.00 bits per heavy atom. The number of hydrogen-bond acceptors (Lipinski definition) is 1. The highest BCUT2D eigenvalue weighted by Gasteiger charge is 2.15. The average Bonchev–Trinajstić information content (AvgIpc) is 2.90. The van der Waals surface area contributed by atoms with Crippen LogP contribution in [-0.2, 0) is 0 Å². The van der Waals surface area contributed by atoms with E-state index in [1.54, 1.807) is 0 Å². The third-order valence-corrected chi connectivity index (χ3v) is 4.05. The molecule has 0 spiro atoms. The van der Waals surface area contributed by atoms with E-state index in [2.05, 4.69) is 10.3 Å². The molecule has 19 heavy (non-hydrogen) atoms. The van der Waals surface area contributed by atoms with Crippen molar-refractivity contribution in [2.45, 2.75) is 32.1 Å². The number of amides is 1. The maximum atomic E-state index is 12.1. The lowest BCUT2D eigenvalue weighted by Gasteiger charge is -2.21. The van der Waals surface area contributed by atoms with Gasteiger partial charge >= 0.3 is 0 Å². The van der Waals surface area contributed by atoms with E-state index in [1.165, 1.54) is 32.1 Å². The van der Waals surface area contributed by atoms with Crippen LogP contribution >= 0.6 is 0 Å². The summed E-state index contributed by atoms with van der Waals surface area (Å²) in [5.74, 6) is 0.684. The highest BCUT2D eigenvalue weighted by molar-refractivity contribution is 5.97. The SMILES string of the molecule is O=C(NCC1CCCCC1)c1cc2ccccc2[nH]1. The van der Waals surface area contributed by atoms with Gasteiger partial charge in [0.1, 0.15) is 5.69 Å². The molecule has 1 heterocycles. The summed E-state index contributed by atoms with van der Waals surface area (Å²) in [5.41, 5.74) is 1.68. The molecular formula is C16H20N2O. The van der Waals surface area contributed by atoms with E-state index in [1.807, 2.05) is 30.3 Å². The molecule has 2 N–H and O–H groups in total. The summed E-state index contributed by atoms with van der Waals surface area (Å²) < 4.78 is 0. The maximum Gasteiger partial charge on any atom is 0.267 e. The van der Waals surface area contributed by atoms with Crippen molar-refractivity contribution < 1.29 is 4.79 Å². The molecular weight excluding hydrogens is 236 g/mol. The van der Waals surface area contributed by atoms with Crippen LogP contribution in [-0.4, -0.2) is 17.4 Å². The van der Waals surface area contributed by atoms with E-state index in [0.29, 0.717) is 11.6 Å². The highest BCUT2D eigenvalue weighted by atomic mass is 16.1. The minimum atomic E-state index is 0.0155. The molecule has 1 saturated carbocycles. The van der Waals surface area contributed by atoms with Gasteiger partial charge in [-0.3, -0.25) is 4.79 Å². The van der Waals surface area contributed by atoms with Crippen molar-refractivity contribution in [2.24, 2.45) is 5.92 Å². The molecule has 1 fully saturated rings. The zero-order chi connectivity index (χ0) is 13.1. The van der Waals surface area contributed by atoms with Gasteiger partial charge < -0.3 is 10.3 Å². The van der Waals surface area contributed by atoms with Crippen LogP contribution < -0.4 is 5.32 Å². The number of hydrogen-bond donors (Lipinski definition) is 2.